The minimum absolute atomic E-state index is 0.141. The van der Waals surface area contributed by atoms with Crippen LogP contribution in [-0.4, -0.2) is 25.1 Å². The summed E-state index contributed by atoms with van der Waals surface area (Å²) < 4.78 is 10.9. The van der Waals surface area contributed by atoms with Crippen molar-refractivity contribution in [3.8, 4) is 16.9 Å². The number of carbonyl (C=O) groups is 2. The predicted octanol–water partition coefficient (Wildman–Crippen LogP) is 5.17. The summed E-state index contributed by atoms with van der Waals surface area (Å²) in [5, 5.41) is 5.11. The molecule has 6 heteroatoms. The van der Waals surface area contributed by atoms with Crippen LogP contribution in [0.3, 0.4) is 0 Å². The molecule has 0 aliphatic carbocycles. The van der Waals surface area contributed by atoms with Gasteiger partial charge in [-0.3, -0.25) is 4.79 Å². The Morgan fingerprint density at radius 2 is 1.72 bits per heavy atom. The molecule has 1 amide bonds. The van der Waals surface area contributed by atoms with E-state index in [0.29, 0.717) is 16.3 Å². The summed E-state index contributed by atoms with van der Waals surface area (Å²) in [5.74, 6) is -0.102. The summed E-state index contributed by atoms with van der Waals surface area (Å²) in [5.41, 5.74) is 3.03. The normalized spacial score (nSPS) is 10.4. The van der Waals surface area contributed by atoms with Crippen LogP contribution in [-0.2, 0) is 16.0 Å². The summed E-state index contributed by atoms with van der Waals surface area (Å²) in [7, 11) is 0. The highest BCUT2D eigenvalue weighted by atomic mass is 32.1. The molecule has 150 valence electrons. The molecular weight excluding hydrogens is 386 g/mol. The number of esters is 1. The molecule has 29 heavy (non-hydrogen) atoms. The Morgan fingerprint density at radius 1 is 1.00 bits per heavy atom. The van der Waals surface area contributed by atoms with E-state index >= 15 is 0 Å². The van der Waals surface area contributed by atoms with Crippen LogP contribution in [0.2, 0.25) is 0 Å². The molecule has 0 atom stereocenters. The minimum atomic E-state index is -0.458. The molecule has 2 aromatic carbocycles. The van der Waals surface area contributed by atoms with Crippen molar-refractivity contribution < 1.29 is 19.1 Å². The van der Waals surface area contributed by atoms with E-state index in [1.54, 1.807) is 6.92 Å². The number of hydrogen-bond acceptors (Lipinski definition) is 5. The molecule has 0 saturated carbocycles. The molecule has 1 heterocycles. The van der Waals surface area contributed by atoms with Gasteiger partial charge < -0.3 is 14.8 Å². The molecule has 0 spiro atoms. The van der Waals surface area contributed by atoms with E-state index in [4.69, 9.17) is 9.47 Å². The summed E-state index contributed by atoms with van der Waals surface area (Å²) in [6.45, 7) is 3.90. The second-order valence-electron chi connectivity index (χ2n) is 6.24. The highest BCUT2D eigenvalue weighted by Crippen LogP contribution is 2.36. The summed E-state index contributed by atoms with van der Waals surface area (Å²) in [6.07, 6.45) is 0.816. The lowest BCUT2D eigenvalue weighted by molar-refractivity contribution is -0.118. The molecule has 0 fully saturated rings. The number of nitrogens with one attached hydrogen (secondary N) is 1. The van der Waals surface area contributed by atoms with Crippen molar-refractivity contribution in [2.24, 2.45) is 0 Å². The van der Waals surface area contributed by atoms with E-state index in [9.17, 15) is 9.59 Å². The quantitative estimate of drug-likeness (QED) is 0.521. The number of carbonyl (C=O) groups excluding carboxylic acids is 2. The van der Waals surface area contributed by atoms with E-state index in [2.05, 4.69) is 5.32 Å². The third-order valence-electron chi connectivity index (χ3n) is 4.32. The second kappa shape index (κ2) is 9.89. The Kier molecular flexibility index (Phi) is 7.03. The Bertz CT molecular complexity index is 982. The number of benzene rings is 2. The van der Waals surface area contributed by atoms with Gasteiger partial charge in [0.1, 0.15) is 16.3 Å². The average molecular weight is 410 g/mol. The van der Waals surface area contributed by atoms with Crippen molar-refractivity contribution in [2.75, 3.05) is 18.5 Å². The van der Waals surface area contributed by atoms with E-state index in [-0.39, 0.29) is 19.1 Å². The first-order valence-corrected chi connectivity index (χ1v) is 10.4. The minimum Gasteiger partial charge on any atom is -0.483 e. The van der Waals surface area contributed by atoms with Gasteiger partial charge in [0.2, 0.25) is 0 Å². The van der Waals surface area contributed by atoms with Crippen molar-refractivity contribution in [3.63, 3.8) is 0 Å². The van der Waals surface area contributed by atoms with Crippen molar-refractivity contribution >= 4 is 28.2 Å². The maximum absolute atomic E-state index is 12.6. The van der Waals surface area contributed by atoms with E-state index in [1.807, 2.05) is 66.9 Å². The molecule has 3 aromatic rings. The SMILES string of the molecule is CCOC(=O)c1c(-c2ccccc2)csc1NC(=O)COc1ccccc1CC. The summed E-state index contributed by atoms with van der Waals surface area (Å²) >= 11 is 1.29. The van der Waals surface area contributed by atoms with Crippen LogP contribution in [0.5, 0.6) is 5.75 Å². The van der Waals surface area contributed by atoms with Gasteiger partial charge in [0, 0.05) is 10.9 Å². The Hall–Kier alpha value is -3.12. The van der Waals surface area contributed by atoms with Crippen LogP contribution in [0, 0.1) is 0 Å². The highest BCUT2D eigenvalue weighted by Gasteiger charge is 2.22. The molecule has 0 saturated heterocycles. The molecule has 0 aliphatic heterocycles. The number of ether oxygens (including phenoxy) is 2. The molecule has 0 unspecified atom stereocenters. The number of anilines is 1. The molecule has 3 rings (SSSR count). The molecule has 1 N–H and O–H groups in total. The topological polar surface area (TPSA) is 64.6 Å². The lowest BCUT2D eigenvalue weighted by Crippen LogP contribution is -2.21. The lowest BCUT2D eigenvalue weighted by Gasteiger charge is -2.11. The van der Waals surface area contributed by atoms with Crippen LogP contribution in [0.1, 0.15) is 29.8 Å². The van der Waals surface area contributed by atoms with Gasteiger partial charge in [-0.1, -0.05) is 55.5 Å². The second-order valence-corrected chi connectivity index (χ2v) is 7.12. The van der Waals surface area contributed by atoms with E-state index in [1.165, 1.54) is 11.3 Å². The molecular formula is C23H23NO4S. The van der Waals surface area contributed by atoms with Gasteiger partial charge >= 0.3 is 5.97 Å². The monoisotopic (exact) mass is 409 g/mol. The zero-order valence-electron chi connectivity index (χ0n) is 16.4. The van der Waals surface area contributed by atoms with Crippen LogP contribution in [0.15, 0.2) is 60.0 Å². The zero-order chi connectivity index (χ0) is 20.6. The molecule has 0 radical (unpaired) electrons. The number of aryl methyl sites for hydroxylation is 1. The summed E-state index contributed by atoms with van der Waals surface area (Å²) in [6, 6.07) is 17.2. The first-order chi connectivity index (χ1) is 14.1. The van der Waals surface area contributed by atoms with Crippen LogP contribution in [0.25, 0.3) is 11.1 Å². The van der Waals surface area contributed by atoms with Gasteiger partial charge in [-0.15, -0.1) is 11.3 Å². The lowest BCUT2D eigenvalue weighted by atomic mass is 10.0. The highest BCUT2D eigenvalue weighted by molar-refractivity contribution is 7.15. The Balaban J connectivity index is 1.78. The zero-order valence-corrected chi connectivity index (χ0v) is 17.3. The fourth-order valence-electron chi connectivity index (χ4n) is 2.93. The number of para-hydroxylation sites is 1. The molecule has 5 nitrogen and oxygen atoms in total. The van der Waals surface area contributed by atoms with E-state index < -0.39 is 5.97 Å². The fourth-order valence-corrected chi connectivity index (χ4v) is 3.90. The first kappa shape index (κ1) is 20.6. The molecule has 0 bridgehead atoms. The summed E-state index contributed by atoms with van der Waals surface area (Å²) in [4.78, 5) is 25.0. The largest absolute Gasteiger partial charge is 0.483 e. The van der Waals surface area contributed by atoms with Crippen LogP contribution >= 0.6 is 11.3 Å². The van der Waals surface area contributed by atoms with Crippen LogP contribution in [0.4, 0.5) is 5.00 Å². The van der Waals surface area contributed by atoms with E-state index in [0.717, 1.165) is 23.1 Å². The first-order valence-electron chi connectivity index (χ1n) is 9.48. The predicted molar refractivity (Wildman–Crippen MR) is 116 cm³/mol. The van der Waals surface area contributed by atoms with Crippen molar-refractivity contribution in [1.29, 1.82) is 0 Å². The van der Waals surface area contributed by atoms with Gasteiger partial charge in [0.05, 0.1) is 6.61 Å². The van der Waals surface area contributed by atoms with Crippen molar-refractivity contribution in [3.05, 3.63) is 71.1 Å². The Morgan fingerprint density at radius 3 is 2.45 bits per heavy atom. The maximum atomic E-state index is 12.6. The number of thiophene rings is 1. The van der Waals surface area contributed by atoms with Crippen LogP contribution < -0.4 is 10.1 Å². The molecule has 0 aliphatic rings. The number of rotatable bonds is 8. The Labute approximate surface area is 174 Å². The van der Waals surface area contributed by atoms with Gasteiger partial charge in [-0.05, 0) is 30.5 Å². The maximum Gasteiger partial charge on any atom is 0.341 e. The third-order valence-corrected chi connectivity index (χ3v) is 5.22. The average Bonchev–Trinajstić information content (AvgIpc) is 3.16. The number of hydrogen-bond donors (Lipinski definition) is 1. The van der Waals surface area contributed by atoms with Crippen molar-refractivity contribution in [1.82, 2.24) is 0 Å². The number of amides is 1. The standard InChI is InChI=1S/C23H23NO4S/c1-3-16-10-8-9-13-19(16)28-14-20(25)24-22-21(23(26)27-4-2)18(15-29-22)17-11-6-5-7-12-17/h5-13,15H,3-4,14H2,1-2H3,(H,24,25). The van der Waals surface area contributed by atoms with Gasteiger partial charge in [0.15, 0.2) is 6.61 Å². The van der Waals surface area contributed by atoms with Gasteiger partial charge in [0.25, 0.3) is 5.91 Å². The van der Waals surface area contributed by atoms with Gasteiger partial charge in [-0.2, -0.15) is 0 Å². The third kappa shape index (κ3) is 5.03. The van der Waals surface area contributed by atoms with Gasteiger partial charge in [-0.25, -0.2) is 4.79 Å². The molecule has 1 aromatic heterocycles. The fraction of sp³-hybridized carbons (Fsp3) is 0.217. The smallest absolute Gasteiger partial charge is 0.341 e. The van der Waals surface area contributed by atoms with Crippen molar-refractivity contribution in [2.45, 2.75) is 20.3 Å².